The average Bonchev–Trinajstić information content (AvgIpc) is 3.16. The molecular formula is C21H13BrClFN6. The van der Waals surface area contributed by atoms with Crippen molar-refractivity contribution in [2.45, 2.75) is 13.0 Å². The number of aliphatic imine (C=N–C) groups is 1. The Labute approximate surface area is 184 Å². The van der Waals surface area contributed by atoms with Crippen molar-refractivity contribution in [2.75, 3.05) is 0 Å². The Hall–Kier alpha value is -2.97. The molecule has 1 atom stereocenters. The fraction of sp³-hybridized carbons (Fsp3) is 0.0952. The first-order chi connectivity index (χ1) is 14.6. The summed E-state index contributed by atoms with van der Waals surface area (Å²) >= 11 is 10.2. The minimum absolute atomic E-state index is 0.366. The number of aromatic nitrogens is 5. The van der Waals surface area contributed by atoms with E-state index in [4.69, 9.17) is 16.6 Å². The summed E-state index contributed by atoms with van der Waals surface area (Å²) < 4.78 is 17.3. The monoisotopic (exact) mass is 482 g/mol. The van der Waals surface area contributed by atoms with Gasteiger partial charge in [0, 0.05) is 21.8 Å². The van der Waals surface area contributed by atoms with Crippen molar-refractivity contribution >= 4 is 33.2 Å². The van der Waals surface area contributed by atoms with E-state index >= 15 is 0 Å². The lowest BCUT2D eigenvalue weighted by Gasteiger charge is -2.16. The molecule has 1 aliphatic rings. The quantitative estimate of drug-likeness (QED) is 0.393. The van der Waals surface area contributed by atoms with Gasteiger partial charge < -0.3 is 0 Å². The fourth-order valence-corrected chi connectivity index (χ4v) is 4.10. The molecular weight excluding hydrogens is 471 g/mol. The first-order valence-electron chi connectivity index (χ1n) is 9.11. The van der Waals surface area contributed by atoms with E-state index in [2.05, 4.69) is 36.3 Å². The van der Waals surface area contributed by atoms with E-state index < -0.39 is 6.04 Å². The van der Waals surface area contributed by atoms with E-state index in [9.17, 15) is 4.39 Å². The van der Waals surface area contributed by atoms with Crippen LogP contribution in [0.4, 0.5) is 4.39 Å². The highest BCUT2D eigenvalue weighted by molar-refractivity contribution is 9.10. The second kappa shape index (κ2) is 7.37. The van der Waals surface area contributed by atoms with Gasteiger partial charge in [0.15, 0.2) is 11.6 Å². The van der Waals surface area contributed by atoms with Crippen molar-refractivity contribution in [1.82, 2.24) is 25.0 Å². The minimum atomic E-state index is -0.403. The van der Waals surface area contributed by atoms with Gasteiger partial charge in [0.05, 0.1) is 16.4 Å². The maximum atomic E-state index is 14.8. The van der Waals surface area contributed by atoms with Crippen LogP contribution in [0.2, 0.25) is 5.02 Å². The fourth-order valence-electron chi connectivity index (χ4n) is 3.52. The summed E-state index contributed by atoms with van der Waals surface area (Å²) in [5, 5.41) is 17.3. The van der Waals surface area contributed by atoms with Gasteiger partial charge >= 0.3 is 0 Å². The molecule has 2 aromatic carbocycles. The molecule has 148 valence electrons. The molecule has 0 spiro atoms. The minimum Gasteiger partial charge on any atom is -0.275 e. The molecule has 0 amide bonds. The Kier molecular flexibility index (Phi) is 4.67. The molecule has 30 heavy (non-hydrogen) atoms. The average molecular weight is 484 g/mol. The lowest BCUT2D eigenvalue weighted by atomic mass is 9.99. The summed E-state index contributed by atoms with van der Waals surface area (Å²) in [6.07, 6.45) is 1.59. The van der Waals surface area contributed by atoms with Crippen LogP contribution in [0.1, 0.15) is 29.9 Å². The Morgan fingerprint density at radius 1 is 1.03 bits per heavy atom. The van der Waals surface area contributed by atoms with Gasteiger partial charge in [-0.3, -0.25) is 9.56 Å². The molecule has 0 radical (unpaired) electrons. The Bertz CT molecular complexity index is 1300. The third-order valence-electron chi connectivity index (χ3n) is 4.87. The summed E-state index contributed by atoms with van der Waals surface area (Å²) in [6.45, 7) is 1.89. The third kappa shape index (κ3) is 2.95. The summed E-state index contributed by atoms with van der Waals surface area (Å²) in [6, 6.07) is 13.4. The molecule has 0 aliphatic carbocycles. The van der Waals surface area contributed by atoms with Crippen molar-refractivity contribution in [2.24, 2.45) is 4.99 Å². The van der Waals surface area contributed by atoms with Gasteiger partial charge in [-0.25, -0.2) is 4.39 Å². The molecule has 1 aliphatic heterocycles. The zero-order chi connectivity index (χ0) is 20.8. The molecule has 4 aromatic rings. The molecule has 5 rings (SSSR count). The van der Waals surface area contributed by atoms with Gasteiger partial charge in [-0.1, -0.05) is 23.7 Å². The highest BCUT2D eigenvalue weighted by Crippen LogP contribution is 2.39. The van der Waals surface area contributed by atoms with Crippen LogP contribution < -0.4 is 0 Å². The molecule has 0 saturated carbocycles. The van der Waals surface area contributed by atoms with Crippen LogP contribution in [-0.4, -0.2) is 30.7 Å². The largest absolute Gasteiger partial charge is 0.275 e. The van der Waals surface area contributed by atoms with E-state index in [1.54, 1.807) is 36.5 Å². The van der Waals surface area contributed by atoms with Crippen molar-refractivity contribution in [3.05, 3.63) is 87.0 Å². The van der Waals surface area contributed by atoms with Gasteiger partial charge in [0.1, 0.15) is 17.6 Å². The maximum Gasteiger partial charge on any atom is 0.189 e. The number of hydrogen-bond donors (Lipinski definition) is 0. The topological polar surface area (TPSA) is 68.8 Å². The van der Waals surface area contributed by atoms with E-state index in [0.29, 0.717) is 49.4 Å². The highest BCUT2D eigenvalue weighted by Gasteiger charge is 2.30. The Morgan fingerprint density at radius 2 is 1.87 bits per heavy atom. The van der Waals surface area contributed by atoms with Crippen LogP contribution in [0, 0.1) is 5.82 Å². The number of fused-ring (bicyclic) bond motifs is 3. The zero-order valence-electron chi connectivity index (χ0n) is 15.6. The first-order valence-corrected chi connectivity index (χ1v) is 10.3. The number of benzene rings is 2. The lowest BCUT2D eigenvalue weighted by Crippen LogP contribution is -2.11. The summed E-state index contributed by atoms with van der Waals surface area (Å²) in [5.74, 6) is 0.730. The highest BCUT2D eigenvalue weighted by atomic mass is 79.9. The third-order valence-corrected chi connectivity index (χ3v) is 6.15. The Morgan fingerprint density at radius 3 is 2.63 bits per heavy atom. The first kappa shape index (κ1) is 19.0. The van der Waals surface area contributed by atoms with Crippen LogP contribution in [0.5, 0.6) is 0 Å². The van der Waals surface area contributed by atoms with E-state index in [0.717, 1.165) is 0 Å². The van der Waals surface area contributed by atoms with Crippen LogP contribution in [0.25, 0.3) is 17.2 Å². The van der Waals surface area contributed by atoms with E-state index in [1.165, 1.54) is 6.07 Å². The van der Waals surface area contributed by atoms with Crippen LogP contribution >= 0.6 is 27.5 Å². The van der Waals surface area contributed by atoms with E-state index in [1.807, 2.05) is 23.6 Å². The Balaban J connectivity index is 1.86. The predicted molar refractivity (Wildman–Crippen MR) is 116 cm³/mol. The molecule has 3 heterocycles. The molecule has 0 N–H and O–H groups in total. The number of hydrogen-bond acceptors (Lipinski definition) is 5. The van der Waals surface area contributed by atoms with Crippen molar-refractivity contribution in [3.63, 3.8) is 0 Å². The number of halogens is 3. The van der Waals surface area contributed by atoms with Gasteiger partial charge in [-0.05, 0) is 59.3 Å². The zero-order valence-corrected chi connectivity index (χ0v) is 17.9. The van der Waals surface area contributed by atoms with Gasteiger partial charge in [-0.15, -0.1) is 15.3 Å². The number of rotatable bonds is 2. The van der Waals surface area contributed by atoms with Crippen LogP contribution in [0.15, 0.2) is 64.2 Å². The standard InChI is InChI=1S/C21H13BrClFN6/c1-11-20-28-29-21(15-7-4-10-25-27-15)30(20)16-9-8-13(22)18(23)17(16)19(26-11)12-5-2-3-6-14(12)24/h2-11H,1H3. The second-order valence-corrected chi connectivity index (χ2v) is 7.95. The smallest absolute Gasteiger partial charge is 0.189 e. The second-order valence-electron chi connectivity index (χ2n) is 6.72. The van der Waals surface area contributed by atoms with Gasteiger partial charge in [0.25, 0.3) is 0 Å². The van der Waals surface area contributed by atoms with Crippen molar-refractivity contribution < 1.29 is 4.39 Å². The summed E-state index contributed by atoms with van der Waals surface area (Å²) in [4.78, 5) is 4.81. The molecule has 1 unspecified atom stereocenters. The SMILES string of the molecule is CC1N=C(c2ccccc2F)c2c(ccc(Br)c2Cl)-n2c(-c3cccnn3)nnc21. The van der Waals surface area contributed by atoms with E-state index in [-0.39, 0.29) is 5.82 Å². The summed E-state index contributed by atoms with van der Waals surface area (Å²) in [7, 11) is 0. The van der Waals surface area contributed by atoms with Crippen molar-refractivity contribution in [1.29, 1.82) is 0 Å². The number of nitrogens with zero attached hydrogens (tertiary/aromatic N) is 6. The van der Waals surface area contributed by atoms with Gasteiger partial charge in [-0.2, -0.15) is 5.10 Å². The van der Waals surface area contributed by atoms with Crippen molar-refractivity contribution in [3.8, 4) is 17.2 Å². The molecule has 9 heteroatoms. The maximum absolute atomic E-state index is 14.8. The molecule has 0 bridgehead atoms. The normalized spacial score (nSPS) is 15.2. The van der Waals surface area contributed by atoms with Crippen LogP contribution in [0.3, 0.4) is 0 Å². The molecule has 2 aromatic heterocycles. The summed E-state index contributed by atoms with van der Waals surface area (Å²) in [5.41, 5.74) is 2.66. The van der Waals surface area contributed by atoms with Gasteiger partial charge in [0.2, 0.25) is 0 Å². The van der Waals surface area contributed by atoms with Crippen LogP contribution in [-0.2, 0) is 0 Å². The molecule has 0 fully saturated rings. The lowest BCUT2D eigenvalue weighted by molar-refractivity contribution is 0.625. The predicted octanol–water partition coefficient (Wildman–Crippen LogP) is 5.19. The molecule has 6 nitrogen and oxygen atoms in total. The molecule has 0 saturated heterocycles.